The zero-order valence-electron chi connectivity index (χ0n) is 11.0. The number of rotatable bonds is 5. The van der Waals surface area contributed by atoms with Gasteiger partial charge in [0.25, 0.3) is 0 Å². The lowest BCUT2D eigenvalue weighted by Gasteiger charge is -2.22. The van der Waals surface area contributed by atoms with Crippen LogP contribution in [-0.2, 0) is 6.54 Å². The molecule has 0 radical (unpaired) electrons. The molecule has 2 rings (SSSR count). The van der Waals surface area contributed by atoms with E-state index in [0.717, 1.165) is 18.7 Å². The molecule has 0 aliphatic carbocycles. The molecule has 0 saturated carbocycles. The number of nitrogens with zero attached hydrogens (tertiary/aromatic N) is 2. The molecule has 18 heavy (non-hydrogen) atoms. The summed E-state index contributed by atoms with van der Waals surface area (Å²) in [5.74, 6) is 0.119. The summed E-state index contributed by atoms with van der Waals surface area (Å²) in [4.78, 5) is 0. The largest absolute Gasteiger partial charge is 0.386 e. The van der Waals surface area contributed by atoms with Crippen molar-refractivity contribution in [1.82, 2.24) is 9.78 Å². The maximum Gasteiger partial charge on any atom is 0.102 e. The zero-order chi connectivity index (χ0) is 13.0. The van der Waals surface area contributed by atoms with Crippen LogP contribution < -0.4 is 0 Å². The Labute approximate surface area is 108 Å². The van der Waals surface area contributed by atoms with Crippen molar-refractivity contribution in [3.8, 4) is 0 Å². The van der Waals surface area contributed by atoms with E-state index < -0.39 is 6.10 Å². The standard InChI is InChI=1S/C15H20N2O/c1-3-13(12-8-6-5-7-9-12)15(18)14-10-11-16-17(14)4-2/h5-11,13,15,18H,3-4H2,1-2H3. The minimum Gasteiger partial charge on any atom is -0.386 e. The van der Waals surface area contributed by atoms with Crippen LogP contribution in [-0.4, -0.2) is 14.9 Å². The molecule has 0 saturated heterocycles. The second kappa shape index (κ2) is 5.83. The van der Waals surface area contributed by atoms with Crippen molar-refractivity contribution < 1.29 is 5.11 Å². The molecular weight excluding hydrogens is 224 g/mol. The Morgan fingerprint density at radius 2 is 1.89 bits per heavy atom. The van der Waals surface area contributed by atoms with Gasteiger partial charge < -0.3 is 5.11 Å². The average molecular weight is 244 g/mol. The van der Waals surface area contributed by atoms with Crippen LogP contribution >= 0.6 is 0 Å². The summed E-state index contributed by atoms with van der Waals surface area (Å²) in [7, 11) is 0. The molecule has 1 heterocycles. The van der Waals surface area contributed by atoms with Crippen LogP contribution in [0.5, 0.6) is 0 Å². The summed E-state index contributed by atoms with van der Waals surface area (Å²) in [6.07, 6.45) is 2.15. The van der Waals surface area contributed by atoms with E-state index in [2.05, 4.69) is 24.2 Å². The fraction of sp³-hybridized carbons (Fsp3) is 0.400. The summed E-state index contributed by atoms with van der Waals surface area (Å²) in [5.41, 5.74) is 2.07. The Bertz CT molecular complexity index is 478. The highest BCUT2D eigenvalue weighted by Gasteiger charge is 2.23. The van der Waals surface area contributed by atoms with E-state index >= 15 is 0 Å². The third-order valence-corrected chi connectivity index (χ3v) is 3.40. The lowest BCUT2D eigenvalue weighted by atomic mass is 9.89. The Balaban J connectivity index is 2.28. The van der Waals surface area contributed by atoms with Crippen LogP contribution in [0.25, 0.3) is 0 Å². The fourth-order valence-electron chi connectivity index (χ4n) is 2.41. The zero-order valence-corrected chi connectivity index (χ0v) is 11.0. The predicted octanol–water partition coefficient (Wildman–Crippen LogP) is 3.13. The molecule has 0 aliphatic heterocycles. The maximum absolute atomic E-state index is 10.6. The topological polar surface area (TPSA) is 38.1 Å². The normalized spacial score (nSPS) is 14.4. The number of aromatic nitrogens is 2. The van der Waals surface area contributed by atoms with Gasteiger partial charge in [0.2, 0.25) is 0 Å². The van der Waals surface area contributed by atoms with Crippen LogP contribution in [0.15, 0.2) is 42.6 Å². The highest BCUT2D eigenvalue weighted by Crippen LogP contribution is 2.33. The quantitative estimate of drug-likeness (QED) is 0.877. The number of aliphatic hydroxyl groups is 1. The van der Waals surface area contributed by atoms with E-state index in [1.165, 1.54) is 5.56 Å². The Kier molecular flexibility index (Phi) is 4.15. The van der Waals surface area contributed by atoms with Gasteiger partial charge in [-0.05, 0) is 25.0 Å². The smallest absolute Gasteiger partial charge is 0.102 e. The van der Waals surface area contributed by atoms with Gasteiger partial charge in [0.1, 0.15) is 6.10 Å². The lowest BCUT2D eigenvalue weighted by Crippen LogP contribution is -2.15. The van der Waals surface area contributed by atoms with Gasteiger partial charge in [-0.15, -0.1) is 0 Å². The van der Waals surface area contributed by atoms with Gasteiger partial charge in [0, 0.05) is 18.7 Å². The molecule has 2 aromatic rings. The van der Waals surface area contributed by atoms with Crippen molar-refractivity contribution in [3.05, 3.63) is 53.9 Å². The van der Waals surface area contributed by atoms with Crippen molar-refractivity contribution in [1.29, 1.82) is 0 Å². The molecule has 0 fully saturated rings. The molecule has 2 unspecified atom stereocenters. The van der Waals surface area contributed by atoms with Crippen LogP contribution in [0.2, 0.25) is 0 Å². The van der Waals surface area contributed by atoms with Crippen LogP contribution in [0.4, 0.5) is 0 Å². The van der Waals surface area contributed by atoms with E-state index in [1.54, 1.807) is 6.20 Å². The molecular formula is C15H20N2O. The van der Waals surface area contributed by atoms with Gasteiger partial charge >= 0.3 is 0 Å². The van der Waals surface area contributed by atoms with Crippen LogP contribution in [0, 0.1) is 0 Å². The molecule has 1 aromatic carbocycles. The average Bonchev–Trinajstić information content (AvgIpc) is 2.89. The van der Waals surface area contributed by atoms with E-state index in [0.29, 0.717) is 0 Å². The molecule has 3 nitrogen and oxygen atoms in total. The number of benzene rings is 1. The first-order valence-electron chi connectivity index (χ1n) is 6.52. The third kappa shape index (κ3) is 2.46. The van der Waals surface area contributed by atoms with Crippen molar-refractivity contribution in [3.63, 3.8) is 0 Å². The Morgan fingerprint density at radius 1 is 1.17 bits per heavy atom. The highest BCUT2D eigenvalue weighted by atomic mass is 16.3. The van der Waals surface area contributed by atoms with Gasteiger partial charge in [0.15, 0.2) is 0 Å². The fourth-order valence-corrected chi connectivity index (χ4v) is 2.41. The first-order chi connectivity index (χ1) is 8.77. The van der Waals surface area contributed by atoms with Crippen molar-refractivity contribution in [2.24, 2.45) is 0 Å². The number of aryl methyl sites for hydroxylation is 1. The molecule has 3 heteroatoms. The first kappa shape index (κ1) is 12.8. The van der Waals surface area contributed by atoms with Crippen LogP contribution in [0.3, 0.4) is 0 Å². The van der Waals surface area contributed by atoms with E-state index in [1.807, 2.05) is 35.9 Å². The summed E-state index contributed by atoms with van der Waals surface area (Å²) in [6, 6.07) is 12.1. The van der Waals surface area contributed by atoms with Crippen molar-refractivity contribution >= 4 is 0 Å². The Hall–Kier alpha value is -1.61. The second-order valence-electron chi connectivity index (χ2n) is 4.44. The van der Waals surface area contributed by atoms with E-state index in [-0.39, 0.29) is 5.92 Å². The molecule has 0 bridgehead atoms. The molecule has 0 aliphatic rings. The molecule has 2 atom stereocenters. The predicted molar refractivity (Wildman–Crippen MR) is 72.3 cm³/mol. The minimum absolute atomic E-state index is 0.119. The molecule has 96 valence electrons. The monoisotopic (exact) mass is 244 g/mol. The van der Waals surface area contributed by atoms with Gasteiger partial charge in [0.05, 0.1) is 5.69 Å². The number of hydrogen-bond donors (Lipinski definition) is 1. The second-order valence-corrected chi connectivity index (χ2v) is 4.44. The van der Waals surface area contributed by atoms with Crippen molar-refractivity contribution in [2.75, 3.05) is 0 Å². The summed E-state index contributed by atoms with van der Waals surface area (Å²) >= 11 is 0. The lowest BCUT2D eigenvalue weighted by molar-refractivity contribution is 0.132. The van der Waals surface area contributed by atoms with Gasteiger partial charge in [-0.1, -0.05) is 37.3 Å². The number of aliphatic hydroxyl groups excluding tert-OH is 1. The highest BCUT2D eigenvalue weighted by molar-refractivity contribution is 5.23. The van der Waals surface area contributed by atoms with Crippen LogP contribution in [0.1, 0.15) is 43.5 Å². The minimum atomic E-state index is -0.500. The van der Waals surface area contributed by atoms with Gasteiger partial charge in [-0.2, -0.15) is 5.10 Å². The SMILES string of the molecule is CCC(c1ccccc1)C(O)c1ccnn1CC. The molecule has 1 aromatic heterocycles. The third-order valence-electron chi connectivity index (χ3n) is 3.40. The van der Waals surface area contributed by atoms with Gasteiger partial charge in [-0.25, -0.2) is 0 Å². The molecule has 0 spiro atoms. The summed E-state index contributed by atoms with van der Waals surface area (Å²) < 4.78 is 1.86. The van der Waals surface area contributed by atoms with E-state index in [4.69, 9.17) is 0 Å². The van der Waals surface area contributed by atoms with Crippen molar-refractivity contribution in [2.45, 2.75) is 38.8 Å². The van der Waals surface area contributed by atoms with Gasteiger partial charge in [-0.3, -0.25) is 4.68 Å². The molecule has 0 amide bonds. The van der Waals surface area contributed by atoms with E-state index in [9.17, 15) is 5.11 Å². The molecule has 1 N–H and O–H groups in total. The Morgan fingerprint density at radius 3 is 2.50 bits per heavy atom. The first-order valence-corrected chi connectivity index (χ1v) is 6.52. The summed E-state index contributed by atoms with van der Waals surface area (Å²) in [6.45, 7) is 4.92. The number of hydrogen-bond acceptors (Lipinski definition) is 2. The summed E-state index contributed by atoms with van der Waals surface area (Å²) in [5, 5.41) is 14.8. The maximum atomic E-state index is 10.6.